The SMILES string of the molecule is CCCCCCCCCCCc1ccc[n+](CCCCCCCCCCC)c1. The highest BCUT2D eigenvalue weighted by molar-refractivity contribution is 5.05. The topological polar surface area (TPSA) is 3.88 Å². The Labute approximate surface area is 177 Å². The molecule has 0 amide bonds. The number of hydrogen-bond donors (Lipinski definition) is 0. The fraction of sp³-hybridized carbons (Fsp3) is 0.815. The minimum atomic E-state index is 1.20. The summed E-state index contributed by atoms with van der Waals surface area (Å²) in [4.78, 5) is 0. The molecule has 1 heteroatoms. The van der Waals surface area contributed by atoms with E-state index < -0.39 is 0 Å². The zero-order valence-corrected chi connectivity index (χ0v) is 19.4. The lowest BCUT2D eigenvalue weighted by Crippen LogP contribution is -2.33. The van der Waals surface area contributed by atoms with Gasteiger partial charge in [0.1, 0.15) is 6.54 Å². The van der Waals surface area contributed by atoms with Crippen molar-refractivity contribution >= 4 is 0 Å². The molecule has 1 nitrogen and oxygen atoms in total. The Morgan fingerprint density at radius 3 is 1.57 bits per heavy atom. The Balaban J connectivity index is 2.00. The monoisotopic (exact) mass is 388 g/mol. The minimum Gasteiger partial charge on any atom is -0.205 e. The molecule has 0 saturated carbocycles. The number of pyridine rings is 1. The van der Waals surface area contributed by atoms with Crippen LogP contribution >= 0.6 is 0 Å². The molecule has 0 unspecified atom stereocenters. The van der Waals surface area contributed by atoms with Crippen LogP contribution in [0.25, 0.3) is 0 Å². The summed E-state index contributed by atoms with van der Waals surface area (Å²) >= 11 is 0. The van der Waals surface area contributed by atoms with Gasteiger partial charge >= 0.3 is 0 Å². The van der Waals surface area contributed by atoms with Gasteiger partial charge in [-0.1, -0.05) is 110 Å². The molecule has 1 rings (SSSR count). The first-order chi connectivity index (χ1) is 13.9. The second kappa shape index (κ2) is 19.5. The molecule has 0 N–H and O–H groups in total. The summed E-state index contributed by atoms with van der Waals surface area (Å²) in [5, 5.41) is 0. The average molecular weight is 389 g/mol. The van der Waals surface area contributed by atoms with Crippen molar-refractivity contribution in [2.24, 2.45) is 0 Å². The van der Waals surface area contributed by atoms with Crippen molar-refractivity contribution in [2.45, 2.75) is 142 Å². The lowest BCUT2D eigenvalue weighted by atomic mass is 10.0. The summed E-state index contributed by atoms with van der Waals surface area (Å²) in [7, 11) is 0. The van der Waals surface area contributed by atoms with Gasteiger partial charge in [-0.3, -0.25) is 0 Å². The van der Waals surface area contributed by atoms with Gasteiger partial charge in [-0.2, -0.15) is 0 Å². The highest BCUT2D eigenvalue weighted by Crippen LogP contribution is 2.12. The van der Waals surface area contributed by atoms with E-state index in [0.29, 0.717) is 0 Å². The smallest absolute Gasteiger partial charge is 0.171 e. The fourth-order valence-electron chi connectivity index (χ4n) is 4.11. The van der Waals surface area contributed by atoms with Gasteiger partial charge in [-0.25, -0.2) is 4.57 Å². The van der Waals surface area contributed by atoms with Crippen molar-refractivity contribution in [1.29, 1.82) is 0 Å². The summed E-state index contributed by atoms with van der Waals surface area (Å²) in [6.45, 7) is 5.79. The minimum absolute atomic E-state index is 1.20. The average Bonchev–Trinajstić information content (AvgIpc) is 2.72. The number of unbranched alkanes of at least 4 members (excludes halogenated alkanes) is 16. The van der Waals surface area contributed by atoms with Crippen molar-refractivity contribution in [2.75, 3.05) is 0 Å². The van der Waals surface area contributed by atoms with Crippen LogP contribution in [0.5, 0.6) is 0 Å². The molecule has 0 aliphatic rings. The van der Waals surface area contributed by atoms with Gasteiger partial charge in [-0.15, -0.1) is 0 Å². The van der Waals surface area contributed by atoms with Crippen molar-refractivity contribution in [3.05, 3.63) is 30.1 Å². The van der Waals surface area contributed by atoms with Gasteiger partial charge in [0.2, 0.25) is 0 Å². The van der Waals surface area contributed by atoms with Crippen molar-refractivity contribution in [3.63, 3.8) is 0 Å². The van der Waals surface area contributed by atoms with Crippen LogP contribution in [0.4, 0.5) is 0 Å². The van der Waals surface area contributed by atoms with E-state index in [9.17, 15) is 0 Å². The molecule has 0 aromatic carbocycles. The molecular weight excluding hydrogens is 338 g/mol. The predicted octanol–water partition coefficient (Wildman–Crippen LogP) is 8.58. The molecule has 28 heavy (non-hydrogen) atoms. The maximum absolute atomic E-state index is 2.42. The lowest BCUT2D eigenvalue weighted by molar-refractivity contribution is -0.697. The second-order valence-electron chi connectivity index (χ2n) is 8.86. The summed E-state index contributed by atoms with van der Waals surface area (Å²) in [6, 6.07) is 4.56. The highest BCUT2D eigenvalue weighted by atomic mass is 14.9. The first-order valence-corrected chi connectivity index (χ1v) is 12.8. The van der Waals surface area contributed by atoms with E-state index in [1.54, 1.807) is 0 Å². The number of aryl methyl sites for hydroxylation is 2. The number of aromatic nitrogens is 1. The van der Waals surface area contributed by atoms with E-state index in [1.807, 2.05) is 0 Å². The second-order valence-corrected chi connectivity index (χ2v) is 8.86. The normalized spacial score (nSPS) is 11.2. The number of hydrogen-bond acceptors (Lipinski definition) is 0. The third-order valence-corrected chi connectivity index (χ3v) is 6.01. The molecule has 0 saturated heterocycles. The fourth-order valence-corrected chi connectivity index (χ4v) is 4.11. The summed E-state index contributed by atoms with van der Waals surface area (Å²) in [5.74, 6) is 0. The van der Waals surface area contributed by atoms with E-state index in [2.05, 4.69) is 42.9 Å². The molecule has 1 aromatic heterocycles. The van der Waals surface area contributed by atoms with Crippen LogP contribution in [-0.2, 0) is 13.0 Å². The molecular formula is C27H50N+. The first kappa shape index (κ1) is 25.2. The lowest BCUT2D eigenvalue weighted by Gasteiger charge is -2.03. The Kier molecular flexibility index (Phi) is 17.5. The van der Waals surface area contributed by atoms with E-state index in [-0.39, 0.29) is 0 Å². The summed E-state index contributed by atoms with van der Waals surface area (Å²) < 4.78 is 2.42. The van der Waals surface area contributed by atoms with Crippen LogP contribution < -0.4 is 4.57 Å². The van der Waals surface area contributed by atoms with Crippen molar-refractivity contribution < 1.29 is 4.57 Å². The zero-order valence-electron chi connectivity index (χ0n) is 19.4. The van der Waals surface area contributed by atoms with Crippen LogP contribution in [0, 0.1) is 0 Å². The van der Waals surface area contributed by atoms with Crippen molar-refractivity contribution in [3.8, 4) is 0 Å². The Morgan fingerprint density at radius 1 is 0.571 bits per heavy atom. The van der Waals surface area contributed by atoms with Crippen molar-refractivity contribution in [1.82, 2.24) is 0 Å². The third kappa shape index (κ3) is 15.1. The Bertz CT molecular complexity index is 402. The molecule has 0 fully saturated rings. The van der Waals surface area contributed by atoms with Crippen LogP contribution in [0.2, 0.25) is 0 Å². The van der Waals surface area contributed by atoms with E-state index in [0.717, 1.165) is 0 Å². The Hall–Kier alpha value is -0.850. The summed E-state index contributed by atoms with van der Waals surface area (Å²) in [6.07, 6.45) is 31.4. The molecule has 0 bridgehead atoms. The third-order valence-electron chi connectivity index (χ3n) is 6.01. The number of rotatable bonds is 20. The molecule has 0 aliphatic carbocycles. The van der Waals surface area contributed by atoms with Crippen LogP contribution in [0.15, 0.2) is 24.5 Å². The zero-order chi connectivity index (χ0) is 20.1. The summed E-state index contributed by atoms with van der Waals surface area (Å²) in [5.41, 5.74) is 1.53. The predicted molar refractivity (Wildman–Crippen MR) is 125 cm³/mol. The van der Waals surface area contributed by atoms with E-state index in [4.69, 9.17) is 0 Å². The van der Waals surface area contributed by atoms with E-state index in [1.165, 1.54) is 134 Å². The molecule has 1 aromatic rings. The largest absolute Gasteiger partial charge is 0.205 e. The standard InChI is InChI=1S/C27H50N/c1-3-5-7-9-11-13-15-17-19-22-27-23-21-25-28(26-27)24-20-18-16-14-12-10-8-6-4-2/h21,23,25-26H,3-20,22,24H2,1-2H3/q+1. The molecule has 0 atom stereocenters. The molecule has 0 spiro atoms. The molecule has 0 radical (unpaired) electrons. The quantitative estimate of drug-likeness (QED) is 0.155. The van der Waals surface area contributed by atoms with Crippen LogP contribution in [0.1, 0.15) is 135 Å². The first-order valence-electron chi connectivity index (χ1n) is 12.8. The molecule has 1 heterocycles. The Morgan fingerprint density at radius 2 is 1.04 bits per heavy atom. The maximum atomic E-state index is 2.42. The van der Waals surface area contributed by atoms with Gasteiger partial charge in [0, 0.05) is 18.1 Å². The van der Waals surface area contributed by atoms with Gasteiger partial charge in [0.05, 0.1) is 0 Å². The molecule has 162 valence electrons. The number of nitrogens with zero attached hydrogens (tertiary/aromatic N) is 1. The van der Waals surface area contributed by atoms with Gasteiger partial charge in [0.15, 0.2) is 12.4 Å². The molecule has 0 aliphatic heterocycles. The highest BCUT2D eigenvalue weighted by Gasteiger charge is 2.03. The van der Waals surface area contributed by atoms with Gasteiger partial charge in [0.25, 0.3) is 0 Å². The van der Waals surface area contributed by atoms with Crippen LogP contribution in [-0.4, -0.2) is 0 Å². The maximum Gasteiger partial charge on any atom is 0.171 e. The van der Waals surface area contributed by atoms with Crippen LogP contribution in [0.3, 0.4) is 0 Å². The van der Waals surface area contributed by atoms with Gasteiger partial charge < -0.3 is 0 Å². The van der Waals surface area contributed by atoms with Gasteiger partial charge in [-0.05, 0) is 25.3 Å². The van der Waals surface area contributed by atoms with E-state index >= 15 is 0 Å².